The van der Waals surface area contributed by atoms with Gasteiger partial charge in [0.05, 0.1) is 18.5 Å². The number of halogens is 1. The molecule has 31 heavy (non-hydrogen) atoms. The molecular weight excluding hydrogens is 436 g/mol. The molecule has 8 nitrogen and oxygen atoms in total. The summed E-state index contributed by atoms with van der Waals surface area (Å²) in [6.45, 7) is 0. The lowest BCUT2D eigenvalue weighted by atomic mass is 10.2. The molecule has 0 fully saturated rings. The number of ether oxygens (including phenoxy) is 1. The number of anilines is 1. The van der Waals surface area contributed by atoms with Gasteiger partial charge >= 0.3 is 0 Å². The Labute approximate surface area is 187 Å². The molecule has 2 heterocycles. The van der Waals surface area contributed by atoms with E-state index >= 15 is 0 Å². The first kappa shape index (κ1) is 20.8. The molecule has 4 aromatic rings. The number of thioether (sulfide) groups is 1. The lowest BCUT2D eigenvalue weighted by Crippen LogP contribution is -2.15. The largest absolute Gasteiger partial charge is 0.497 e. The van der Waals surface area contributed by atoms with Gasteiger partial charge in [-0.25, -0.2) is 14.6 Å². The molecule has 2 aromatic carbocycles. The molecule has 2 aromatic heterocycles. The zero-order chi connectivity index (χ0) is 21.6. The van der Waals surface area contributed by atoms with Crippen LogP contribution in [0.25, 0.3) is 5.69 Å². The zero-order valence-corrected chi connectivity index (χ0v) is 18.0. The van der Waals surface area contributed by atoms with Crippen LogP contribution in [0.2, 0.25) is 5.02 Å². The standard InChI is InChI=1S/C21H17ClN6O2S/c1-30-17-5-2-4-15(12-17)25-20(29)19-18(13-31-21-23-10-3-11-24-21)28(27-26-19)16-8-6-14(22)7-9-16/h2-12H,13H2,1H3,(H,25,29). The highest BCUT2D eigenvalue weighted by Crippen LogP contribution is 2.24. The Morgan fingerprint density at radius 2 is 1.90 bits per heavy atom. The van der Waals surface area contributed by atoms with Crippen LogP contribution in [0.15, 0.2) is 72.1 Å². The third-order valence-electron chi connectivity index (χ3n) is 4.26. The molecule has 0 aliphatic heterocycles. The van der Waals surface area contributed by atoms with Gasteiger partial charge < -0.3 is 10.1 Å². The molecule has 0 aliphatic carbocycles. The van der Waals surface area contributed by atoms with Crippen molar-refractivity contribution in [3.05, 3.63) is 83.4 Å². The summed E-state index contributed by atoms with van der Waals surface area (Å²) in [6.07, 6.45) is 3.33. The number of hydrogen-bond donors (Lipinski definition) is 1. The summed E-state index contributed by atoms with van der Waals surface area (Å²) in [7, 11) is 1.57. The van der Waals surface area contributed by atoms with Crippen molar-refractivity contribution < 1.29 is 9.53 Å². The fourth-order valence-electron chi connectivity index (χ4n) is 2.78. The molecule has 1 N–H and O–H groups in total. The van der Waals surface area contributed by atoms with E-state index in [1.807, 2.05) is 12.1 Å². The highest BCUT2D eigenvalue weighted by Gasteiger charge is 2.21. The van der Waals surface area contributed by atoms with Crippen LogP contribution in [-0.4, -0.2) is 38.0 Å². The number of carbonyl (C=O) groups is 1. The smallest absolute Gasteiger partial charge is 0.278 e. The quantitative estimate of drug-likeness (QED) is 0.330. The first-order chi connectivity index (χ1) is 15.1. The molecule has 0 bridgehead atoms. The van der Waals surface area contributed by atoms with Crippen molar-refractivity contribution in [3.63, 3.8) is 0 Å². The van der Waals surface area contributed by atoms with Gasteiger partial charge in [0.1, 0.15) is 5.75 Å². The normalized spacial score (nSPS) is 10.6. The van der Waals surface area contributed by atoms with Gasteiger partial charge in [-0.2, -0.15) is 0 Å². The van der Waals surface area contributed by atoms with E-state index in [9.17, 15) is 4.79 Å². The lowest BCUT2D eigenvalue weighted by molar-refractivity contribution is 0.102. The van der Waals surface area contributed by atoms with Gasteiger partial charge in [0.2, 0.25) is 0 Å². The molecule has 10 heteroatoms. The lowest BCUT2D eigenvalue weighted by Gasteiger charge is -2.09. The Balaban J connectivity index is 1.65. The average Bonchev–Trinajstić information content (AvgIpc) is 3.23. The maximum atomic E-state index is 13.0. The number of benzene rings is 2. The molecule has 0 spiro atoms. The topological polar surface area (TPSA) is 94.8 Å². The van der Waals surface area contributed by atoms with Crippen molar-refractivity contribution in [2.75, 3.05) is 12.4 Å². The molecule has 156 valence electrons. The minimum Gasteiger partial charge on any atom is -0.497 e. The third kappa shape index (κ3) is 5.01. The van der Waals surface area contributed by atoms with Crippen molar-refractivity contribution >= 4 is 35.0 Å². The highest BCUT2D eigenvalue weighted by atomic mass is 35.5. The Kier molecular flexibility index (Phi) is 6.44. The van der Waals surface area contributed by atoms with Gasteiger partial charge in [-0.15, -0.1) is 5.10 Å². The molecule has 0 atom stereocenters. The van der Waals surface area contributed by atoms with Crippen molar-refractivity contribution in [2.24, 2.45) is 0 Å². The zero-order valence-electron chi connectivity index (χ0n) is 16.4. The van der Waals surface area contributed by atoms with E-state index in [0.717, 1.165) is 5.69 Å². The Morgan fingerprint density at radius 1 is 1.13 bits per heavy atom. The van der Waals surface area contributed by atoms with E-state index in [4.69, 9.17) is 16.3 Å². The number of methoxy groups -OCH3 is 1. The van der Waals surface area contributed by atoms with Crippen molar-refractivity contribution in [1.29, 1.82) is 0 Å². The summed E-state index contributed by atoms with van der Waals surface area (Å²) in [6, 6.07) is 16.0. The van der Waals surface area contributed by atoms with E-state index in [1.54, 1.807) is 66.6 Å². The van der Waals surface area contributed by atoms with E-state index in [2.05, 4.69) is 25.6 Å². The van der Waals surface area contributed by atoms with Gasteiger partial charge in [-0.1, -0.05) is 34.6 Å². The molecule has 0 saturated carbocycles. The molecular formula is C21H17ClN6O2S. The van der Waals surface area contributed by atoms with Crippen LogP contribution < -0.4 is 10.1 Å². The van der Waals surface area contributed by atoms with Gasteiger partial charge in [-0.3, -0.25) is 4.79 Å². The fraction of sp³-hybridized carbons (Fsp3) is 0.0952. The SMILES string of the molecule is COc1cccc(NC(=O)c2nnn(-c3ccc(Cl)cc3)c2CSc2ncccn2)c1. The minimum absolute atomic E-state index is 0.209. The average molecular weight is 453 g/mol. The van der Waals surface area contributed by atoms with E-state index < -0.39 is 0 Å². The maximum absolute atomic E-state index is 13.0. The van der Waals surface area contributed by atoms with Crippen molar-refractivity contribution in [3.8, 4) is 11.4 Å². The Hall–Kier alpha value is -3.43. The second kappa shape index (κ2) is 9.59. The number of nitrogens with one attached hydrogen (secondary N) is 1. The summed E-state index contributed by atoms with van der Waals surface area (Å²) < 4.78 is 6.83. The monoisotopic (exact) mass is 452 g/mol. The molecule has 0 radical (unpaired) electrons. The van der Waals surface area contributed by atoms with Gasteiger partial charge in [0, 0.05) is 34.9 Å². The van der Waals surface area contributed by atoms with Crippen LogP contribution in [0.5, 0.6) is 5.75 Å². The molecule has 0 saturated heterocycles. The van der Waals surface area contributed by atoms with Crippen molar-refractivity contribution in [1.82, 2.24) is 25.0 Å². The fourth-order valence-corrected chi connectivity index (χ4v) is 3.70. The first-order valence-corrected chi connectivity index (χ1v) is 10.6. The predicted molar refractivity (Wildman–Crippen MR) is 119 cm³/mol. The van der Waals surface area contributed by atoms with Gasteiger partial charge in [-0.05, 0) is 42.5 Å². The highest BCUT2D eigenvalue weighted by molar-refractivity contribution is 7.98. The van der Waals surface area contributed by atoms with E-state index in [1.165, 1.54) is 11.8 Å². The maximum Gasteiger partial charge on any atom is 0.278 e. The summed E-state index contributed by atoms with van der Waals surface area (Å²) in [4.78, 5) is 21.5. The first-order valence-electron chi connectivity index (χ1n) is 9.20. The Morgan fingerprint density at radius 3 is 2.65 bits per heavy atom. The van der Waals surface area contributed by atoms with Crippen LogP contribution in [0.4, 0.5) is 5.69 Å². The van der Waals surface area contributed by atoms with Crippen LogP contribution >= 0.6 is 23.4 Å². The summed E-state index contributed by atoms with van der Waals surface area (Å²) in [5, 5.41) is 12.4. The van der Waals surface area contributed by atoms with Crippen LogP contribution in [-0.2, 0) is 5.75 Å². The number of nitrogens with zero attached hydrogens (tertiary/aromatic N) is 5. The van der Waals surface area contributed by atoms with E-state index in [0.29, 0.717) is 33.1 Å². The summed E-state index contributed by atoms with van der Waals surface area (Å²) in [5.74, 6) is 0.651. The Bertz CT molecular complexity index is 1180. The number of amides is 1. The van der Waals surface area contributed by atoms with E-state index in [-0.39, 0.29) is 11.6 Å². The predicted octanol–water partition coefficient (Wildman–Crippen LogP) is 4.26. The molecule has 0 aliphatic rings. The number of carbonyl (C=O) groups excluding carboxylic acids is 1. The second-order valence-electron chi connectivity index (χ2n) is 6.28. The molecule has 1 amide bonds. The molecule has 0 unspecified atom stereocenters. The van der Waals surface area contributed by atoms with Crippen LogP contribution in [0, 0.1) is 0 Å². The van der Waals surface area contributed by atoms with Gasteiger partial charge in [0.25, 0.3) is 5.91 Å². The minimum atomic E-state index is -0.377. The van der Waals surface area contributed by atoms with Crippen LogP contribution in [0.1, 0.15) is 16.2 Å². The molecule has 4 rings (SSSR count). The van der Waals surface area contributed by atoms with Crippen molar-refractivity contribution in [2.45, 2.75) is 10.9 Å². The van der Waals surface area contributed by atoms with Gasteiger partial charge in [0.15, 0.2) is 10.9 Å². The second-order valence-corrected chi connectivity index (χ2v) is 7.66. The number of rotatable bonds is 7. The number of hydrogen-bond acceptors (Lipinski definition) is 7. The third-order valence-corrected chi connectivity index (χ3v) is 5.40. The summed E-state index contributed by atoms with van der Waals surface area (Å²) in [5.41, 5.74) is 2.15. The summed E-state index contributed by atoms with van der Waals surface area (Å²) >= 11 is 7.40. The number of aromatic nitrogens is 5. The van der Waals surface area contributed by atoms with Crippen LogP contribution in [0.3, 0.4) is 0 Å².